The lowest BCUT2D eigenvalue weighted by Gasteiger charge is -2.33. The Morgan fingerprint density at radius 3 is 2.65 bits per heavy atom. The van der Waals surface area contributed by atoms with Crippen LogP contribution in [0.5, 0.6) is 0 Å². The van der Waals surface area contributed by atoms with Crippen LogP contribution in [0.4, 0.5) is 0 Å². The second kappa shape index (κ2) is 4.13. The summed E-state index contributed by atoms with van der Waals surface area (Å²) in [5, 5.41) is 15.2. The van der Waals surface area contributed by atoms with E-state index >= 15 is 0 Å². The maximum atomic E-state index is 12.1. The van der Waals surface area contributed by atoms with E-state index in [1.807, 2.05) is 6.92 Å². The van der Waals surface area contributed by atoms with Gasteiger partial charge in [0.2, 0.25) is 0 Å². The molecule has 0 spiro atoms. The Hall–Kier alpha value is -1.39. The molecule has 0 saturated carbocycles. The van der Waals surface area contributed by atoms with Gasteiger partial charge in [-0.25, -0.2) is 8.42 Å². The summed E-state index contributed by atoms with van der Waals surface area (Å²) in [4.78, 5) is 0. The first kappa shape index (κ1) is 12.1. The SMILES string of the molecule is CC1(C#N)CCN(S(=O)(=O)c2ccn[nH]2)CC1. The Bertz CT molecular complexity index is 521. The number of nitrogens with one attached hydrogen (secondary N) is 1. The standard InChI is InChI=1S/C10H14N4O2S/c1-10(8-11)3-6-14(7-4-10)17(15,16)9-2-5-12-13-9/h2,5H,3-4,6-7H2,1H3,(H,12,13). The Kier molecular flexibility index (Phi) is 2.93. The molecule has 1 saturated heterocycles. The minimum atomic E-state index is -3.47. The van der Waals surface area contributed by atoms with Crippen molar-refractivity contribution in [3.8, 4) is 6.07 Å². The van der Waals surface area contributed by atoms with E-state index in [1.54, 1.807) is 0 Å². The average Bonchev–Trinajstić information content (AvgIpc) is 2.84. The van der Waals surface area contributed by atoms with Crippen LogP contribution < -0.4 is 0 Å². The summed E-state index contributed by atoms with van der Waals surface area (Å²) >= 11 is 0. The second-order valence-electron chi connectivity index (χ2n) is 4.50. The van der Waals surface area contributed by atoms with Crippen LogP contribution in [0.15, 0.2) is 17.3 Å². The number of H-pyrrole nitrogens is 1. The van der Waals surface area contributed by atoms with Crippen molar-refractivity contribution in [2.75, 3.05) is 13.1 Å². The highest BCUT2D eigenvalue weighted by atomic mass is 32.2. The van der Waals surface area contributed by atoms with Gasteiger partial charge in [0.15, 0.2) is 5.03 Å². The summed E-state index contributed by atoms with van der Waals surface area (Å²) in [7, 11) is -3.47. The van der Waals surface area contributed by atoms with E-state index in [0.29, 0.717) is 25.9 Å². The predicted molar refractivity (Wildman–Crippen MR) is 60.3 cm³/mol. The first-order valence-corrected chi connectivity index (χ1v) is 6.83. The van der Waals surface area contributed by atoms with Crippen molar-refractivity contribution in [3.05, 3.63) is 12.3 Å². The normalized spacial score (nSPS) is 20.9. The zero-order valence-electron chi connectivity index (χ0n) is 9.55. The van der Waals surface area contributed by atoms with Gasteiger partial charge in [0.05, 0.1) is 17.7 Å². The van der Waals surface area contributed by atoms with E-state index in [4.69, 9.17) is 5.26 Å². The van der Waals surface area contributed by atoms with Gasteiger partial charge in [0.25, 0.3) is 10.0 Å². The van der Waals surface area contributed by atoms with E-state index in [-0.39, 0.29) is 5.03 Å². The fourth-order valence-corrected chi connectivity index (χ4v) is 3.20. The lowest BCUT2D eigenvalue weighted by Crippen LogP contribution is -2.41. The summed E-state index contributed by atoms with van der Waals surface area (Å²) in [6, 6.07) is 3.68. The Morgan fingerprint density at radius 2 is 2.18 bits per heavy atom. The van der Waals surface area contributed by atoms with Crippen molar-refractivity contribution in [2.45, 2.75) is 24.8 Å². The molecule has 0 bridgehead atoms. The number of rotatable bonds is 2. The average molecular weight is 254 g/mol. The van der Waals surface area contributed by atoms with Crippen LogP contribution >= 0.6 is 0 Å². The molecule has 0 atom stereocenters. The van der Waals surface area contributed by atoms with Gasteiger partial charge >= 0.3 is 0 Å². The van der Waals surface area contributed by atoms with Crippen LogP contribution in [-0.4, -0.2) is 36.0 Å². The van der Waals surface area contributed by atoms with E-state index in [9.17, 15) is 8.42 Å². The summed E-state index contributed by atoms with van der Waals surface area (Å²) in [5.74, 6) is 0. The second-order valence-corrected chi connectivity index (χ2v) is 6.40. The molecule has 7 heteroatoms. The number of nitrogens with zero attached hydrogens (tertiary/aromatic N) is 3. The van der Waals surface area contributed by atoms with Crippen molar-refractivity contribution >= 4 is 10.0 Å². The number of aromatic amines is 1. The number of hydrogen-bond acceptors (Lipinski definition) is 4. The third-order valence-electron chi connectivity index (χ3n) is 3.19. The molecule has 1 fully saturated rings. The van der Waals surface area contributed by atoms with Crippen LogP contribution in [0, 0.1) is 16.7 Å². The van der Waals surface area contributed by atoms with Crippen LogP contribution in [0.3, 0.4) is 0 Å². The van der Waals surface area contributed by atoms with Crippen molar-refractivity contribution in [1.82, 2.24) is 14.5 Å². The van der Waals surface area contributed by atoms with Crippen LogP contribution in [0.1, 0.15) is 19.8 Å². The molecule has 0 aliphatic carbocycles. The minimum absolute atomic E-state index is 0.109. The molecule has 0 aromatic carbocycles. The maximum Gasteiger partial charge on any atom is 0.259 e. The van der Waals surface area contributed by atoms with Gasteiger partial charge in [0.1, 0.15) is 0 Å². The Morgan fingerprint density at radius 1 is 1.53 bits per heavy atom. The molecular formula is C10H14N4O2S. The summed E-state index contributed by atoms with van der Waals surface area (Å²) < 4.78 is 25.6. The quantitative estimate of drug-likeness (QED) is 0.842. The molecule has 1 aromatic heterocycles. The summed E-state index contributed by atoms with van der Waals surface area (Å²) in [6.45, 7) is 2.63. The smallest absolute Gasteiger partial charge is 0.259 e. The highest BCUT2D eigenvalue weighted by molar-refractivity contribution is 7.89. The molecule has 1 N–H and O–H groups in total. The molecule has 1 aliphatic rings. The van der Waals surface area contributed by atoms with Gasteiger partial charge in [-0.3, -0.25) is 5.10 Å². The van der Waals surface area contributed by atoms with Crippen LogP contribution in [0.2, 0.25) is 0 Å². The highest BCUT2D eigenvalue weighted by Gasteiger charge is 2.35. The van der Waals surface area contributed by atoms with E-state index in [0.717, 1.165) is 0 Å². The highest BCUT2D eigenvalue weighted by Crippen LogP contribution is 2.31. The summed E-state index contributed by atoms with van der Waals surface area (Å²) in [6.07, 6.45) is 2.55. The zero-order chi connectivity index (χ0) is 12.5. The predicted octanol–water partition coefficient (Wildman–Crippen LogP) is 0.724. The molecular weight excluding hydrogens is 240 g/mol. The molecule has 0 unspecified atom stereocenters. The van der Waals surface area contributed by atoms with Gasteiger partial charge in [-0.05, 0) is 25.8 Å². The first-order valence-electron chi connectivity index (χ1n) is 5.39. The van der Waals surface area contributed by atoms with Crippen molar-refractivity contribution in [2.24, 2.45) is 5.41 Å². The third kappa shape index (κ3) is 2.18. The van der Waals surface area contributed by atoms with Crippen molar-refractivity contribution in [1.29, 1.82) is 5.26 Å². The molecule has 6 nitrogen and oxygen atoms in total. The molecule has 1 aromatic rings. The lowest BCUT2D eigenvalue weighted by molar-refractivity contribution is 0.231. The van der Waals surface area contributed by atoms with E-state index in [2.05, 4.69) is 16.3 Å². The lowest BCUT2D eigenvalue weighted by atomic mass is 9.83. The number of sulfonamides is 1. The van der Waals surface area contributed by atoms with Crippen molar-refractivity contribution in [3.63, 3.8) is 0 Å². The molecule has 17 heavy (non-hydrogen) atoms. The Labute approximate surface area is 100 Å². The van der Waals surface area contributed by atoms with Gasteiger partial charge in [-0.2, -0.15) is 14.7 Å². The van der Waals surface area contributed by atoms with E-state index in [1.165, 1.54) is 16.6 Å². The van der Waals surface area contributed by atoms with Crippen LogP contribution in [0.25, 0.3) is 0 Å². The van der Waals surface area contributed by atoms with Crippen LogP contribution in [-0.2, 0) is 10.0 Å². The number of hydrogen-bond donors (Lipinski definition) is 1. The molecule has 0 radical (unpaired) electrons. The molecule has 92 valence electrons. The van der Waals surface area contributed by atoms with Gasteiger partial charge in [-0.15, -0.1) is 0 Å². The van der Waals surface area contributed by atoms with Gasteiger partial charge in [-0.1, -0.05) is 0 Å². The third-order valence-corrected chi connectivity index (χ3v) is 5.02. The molecule has 2 heterocycles. The monoisotopic (exact) mass is 254 g/mol. The minimum Gasteiger partial charge on any atom is -0.266 e. The largest absolute Gasteiger partial charge is 0.266 e. The Balaban J connectivity index is 2.15. The molecule has 1 aliphatic heterocycles. The fraction of sp³-hybridized carbons (Fsp3) is 0.600. The fourth-order valence-electron chi connectivity index (χ4n) is 1.86. The number of nitriles is 1. The van der Waals surface area contributed by atoms with Gasteiger partial charge in [0, 0.05) is 13.1 Å². The van der Waals surface area contributed by atoms with Gasteiger partial charge < -0.3 is 0 Å². The number of piperidine rings is 1. The topological polar surface area (TPSA) is 89.8 Å². The summed E-state index contributed by atoms with van der Waals surface area (Å²) in [5.41, 5.74) is -0.403. The first-order chi connectivity index (χ1) is 7.98. The molecule has 0 amide bonds. The number of aromatic nitrogens is 2. The maximum absolute atomic E-state index is 12.1. The van der Waals surface area contributed by atoms with Crippen molar-refractivity contribution < 1.29 is 8.42 Å². The molecule has 2 rings (SSSR count). The van der Waals surface area contributed by atoms with E-state index < -0.39 is 15.4 Å². The zero-order valence-corrected chi connectivity index (χ0v) is 10.4.